The number of hydrogen-bond donors (Lipinski definition) is 1. The van der Waals surface area contributed by atoms with Gasteiger partial charge in [0.2, 0.25) is 11.8 Å². The van der Waals surface area contributed by atoms with Crippen molar-refractivity contribution in [2.45, 2.75) is 51.1 Å². The molecule has 0 spiro atoms. The van der Waals surface area contributed by atoms with Crippen molar-refractivity contribution in [2.75, 3.05) is 6.54 Å². The van der Waals surface area contributed by atoms with Gasteiger partial charge in [-0.1, -0.05) is 30.3 Å². The van der Waals surface area contributed by atoms with Gasteiger partial charge in [-0.15, -0.1) is 0 Å². The number of benzene rings is 1. The maximum atomic E-state index is 12.6. The summed E-state index contributed by atoms with van der Waals surface area (Å²) in [6.07, 6.45) is 3.11. The van der Waals surface area contributed by atoms with Crippen molar-refractivity contribution in [2.24, 2.45) is 0 Å². The molecule has 3 amide bonds. The molecule has 0 aliphatic carbocycles. The second-order valence-corrected chi connectivity index (χ2v) is 6.17. The third-order valence-electron chi connectivity index (χ3n) is 4.39. The zero-order valence-electron chi connectivity index (χ0n) is 14.5. The Bertz CT molecular complexity index is 594. The Morgan fingerprint density at radius 3 is 2.60 bits per heavy atom. The standard InChI is InChI=1S/C18H25N3O3.Y/c1-13(17(19)23)21-12-6-5-9-15(18(21)24)20-16(22)11-10-14-7-3-2-4-8-14;/h2-4,7-8,13,15H,5-6,9-12H2,1H3,(H3,19,20,22,23);/p-1/t13-,15-;/m0./s1. The van der Waals surface area contributed by atoms with Crippen LogP contribution in [0.15, 0.2) is 30.3 Å². The van der Waals surface area contributed by atoms with Crippen LogP contribution in [0.2, 0.25) is 0 Å². The maximum Gasteiger partial charge on any atom is 0.245 e. The van der Waals surface area contributed by atoms with Crippen molar-refractivity contribution in [3.05, 3.63) is 41.6 Å². The monoisotopic (exact) mass is 419 g/mol. The molecule has 6 nitrogen and oxygen atoms in total. The Morgan fingerprint density at radius 1 is 1.28 bits per heavy atom. The van der Waals surface area contributed by atoms with Gasteiger partial charge in [0.25, 0.3) is 0 Å². The van der Waals surface area contributed by atoms with Crippen LogP contribution < -0.4 is 5.32 Å². The number of hydrogen-bond acceptors (Lipinski definition) is 3. The Hall–Kier alpha value is -1.27. The minimum Gasteiger partial charge on any atom is -0.666 e. The van der Waals surface area contributed by atoms with Crippen molar-refractivity contribution in [3.63, 3.8) is 0 Å². The van der Waals surface area contributed by atoms with Gasteiger partial charge in [0.05, 0.1) is 11.9 Å². The fourth-order valence-corrected chi connectivity index (χ4v) is 2.89. The van der Waals surface area contributed by atoms with E-state index in [0.29, 0.717) is 25.8 Å². The van der Waals surface area contributed by atoms with E-state index in [-0.39, 0.29) is 44.5 Å². The Labute approximate surface area is 173 Å². The van der Waals surface area contributed by atoms with Gasteiger partial charge >= 0.3 is 0 Å². The molecular weight excluding hydrogens is 395 g/mol. The van der Waals surface area contributed by atoms with E-state index in [9.17, 15) is 14.4 Å². The first-order valence-electron chi connectivity index (χ1n) is 8.38. The summed E-state index contributed by atoms with van der Waals surface area (Å²) in [5.74, 6) is -1.20. The predicted molar refractivity (Wildman–Crippen MR) is 91.0 cm³/mol. The van der Waals surface area contributed by atoms with E-state index in [1.165, 1.54) is 4.90 Å². The van der Waals surface area contributed by atoms with Crippen molar-refractivity contribution < 1.29 is 47.1 Å². The first-order chi connectivity index (χ1) is 11.5. The molecule has 25 heavy (non-hydrogen) atoms. The van der Waals surface area contributed by atoms with Crippen LogP contribution in [0, 0.1) is 0 Å². The smallest absolute Gasteiger partial charge is 0.245 e. The van der Waals surface area contributed by atoms with Gasteiger partial charge in [-0.05, 0) is 38.2 Å². The second-order valence-electron chi connectivity index (χ2n) is 6.17. The van der Waals surface area contributed by atoms with E-state index >= 15 is 0 Å². The third kappa shape index (κ3) is 6.51. The van der Waals surface area contributed by atoms with Crippen molar-refractivity contribution in [3.8, 4) is 0 Å². The summed E-state index contributed by atoms with van der Waals surface area (Å²) in [5.41, 5.74) is 8.31. The zero-order chi connectivity index (χ0) is 17.5. The number of nitrogens with one attached hydrogen (secondary N) is 2. The summed E-state index contributed by atoms with van der Waals surface area (Å²) in [5, 5.41) is 2.80. The normalized spacial score (nSPS) is 18.7. The molecule has 2 N–H and O–H groups in total. The van der Waals surface area contributed by atoms with Gasteiger partial charge in [0, 0.05) is 45.7 Å². The first kappa shape index (κ1) is 21.8. The van der Waals surface area contributed by atoms with Crippen LogP contribution in [0.25, 0.3) is 5.73 Å². The van der Waals surface area contributed by atoms with Crippen LogP contribution >= 0.6 is 0 Å². The average molecular weight is 419 g/mol. The van der Waals surface area contributed by atoms with Crippen molar-refractivity contribution in [1.29, 1.82) is 0 Å². The van der Waals surface area contributed by atoms with Crippen LogP contribution in [-0.4, -0.2) is 41.2 Å². The molecule has 1 radical (unpaired) electrons. The Morgan fingerprint density at radius 2 is 1.96 bits per heavy atom. The number of aryl methyl sites for hydroxylation is 1. The van der Waals surface area contributed by atoms with Crippen LogP contribution in [-0.2, 0) is 53.5 Å². The quantitative estimate of drug-likeness (QED) is 0.766. The molecule has 1 heterocycles. The summed E-state index contributed by atoms with van der Waals surface area (Å²) in [7, 11) is 0. The number of likely N-dealkylation sites (tertiary alicyclic amines) is 1. The van der Waals surface area contributed by atoms with Gasteiger partial charge in [-0.25, -0.2) is 0 Å². The Balaban J connectivity index is 0.00000312. The van der Waals surface area contributed by atoms with E-state index in [2.05, 4.69) is 5.32 Å². The summed E-state index contributed by atoms with van der Waals surface area (Å²) < 4.78 is 0. The number of rotatable bonds is 6. The molecule has 1 aromatic rings. The van der Waals surface area contributed by atoms with Crippen molar-refractivity contribution >= 4 is 17.7 Å². The van der Waals surface area contributed by atoms with E-state index in [4.69, 9.17) is 5.73 Å². The minimum absolute atomic E-state index is 0. The number of amides is 3. The summed E-state index contributed by atoms with van der Waals surface area (Å²) in [6.45, 7) is 2.02. The van der Waals surface area contributed by atoms with E-state index in [1.807, 2.05) is 30.3 Å². The fraction of sp³-hybridized carbons (Fsp3) is 0.500. The largest absolute Gasteiger partial charge is 0.666 e. The van der Waals surface area contributed by atoms with E-state index in [1.54, 1.807) is 6.92 Å². The molecule has 0 saturated carbocycles. The molecule has 1 aromatic carbocycles. The van der Waals surface area contributed by atoms with Crippen LogP contribution in [0.4, 0.5) is 0 Å². The molecule has 7 heteroatoms. The zero-order valence-corrected chi connectivity index (χ0v) is 17.4. The predicted octanol–water partition coefficient (Wildman–Crippen LogP) is 2.08. The first-order valence-corrected chi connectivity index (χ1v) is 8.38. The molecule has 0 bridgehead atoms. The van der Waals surface area contributed by atoms with Crippen molar-refractivity contribution in [1.82, 2.24) is 10.2 Å². The van der Waals surface area contributed by atoms with Gasteiger partial charge in [0.1, 0.15) is 6.04 Å². The molecule has 2 atom stereocenters. The number of carbonyl (C=O) groups is 3. The van der Waals surface area contributed by atoms with E-state index in [0.717, 1.165) is 18.4 Å². The maximum absolute atomic E-state index is 12.6. The topological polar surface area (TPSA) is 90.3 Å². The molecule has 0 aromatic heterocycles. The molecule has 0 unspecified atom stereocenters. The molecule has 133 valence electrons. The van der Waals surface area contributed by atoms with Gasteiger partial charge in [-0.3, -0.25) is 9.59 Å². The minimum atomic E-state index is -0.778. The summed E-state index contributed by atoms with van der Waals surface area (Å²) in [6, 6.07) is 8.35. The molecule has 1 saturated heterocycles. The fourth-order valence-electron chi connectivity index (χ4n) is 2.89. The number of nitrogens with zero attached hydrogens (tertiary/aromatic N) is 1. The third-order valence-corrected chi connectivity index (χ3v) is 4.39. The van der Waals surface area contributed by atoms with E-state index < -0.39 is 18.0 Å². The second kappa shape index (κ2) is 10.7. The molecule has 2 rings (SSSR count). The Kier molecular flexibility index (Phi) is 9.29. The molecule has 1 aliphatic heterocycles. The molecule has 1 aliphatic rings. The average Bonchev–Trinajstić information content (AvgIpc) is 2.75. The number of carbonyl (C=O) groups excluding carboxylic acids is 3. The van der Waals surface area contributed by atoms with Gasteiger partial charge in [-0.2, -0.15) is 0 Å². The SMILES string of the molecule is C[C@@H](C([NH-])=O)N1CCCC[C@H](NC(=O)CCc2ccccc2)C1=O.[Y]. The summed E-state index contributed by atoms with van der Waals surface area (Å²) in [4.78, 5) is 37.4. The van der Waals surface area contributed by atoms with Gasteiger partial charge in [0.15, 0.2) is 0 Å². The van der Waals surface area contributed by atoms with Crippen LogP contribution in [0.1, 0.15) is 38.2 Å². The summed E-state index contributed by atoms with van der Waals surface area (Å²) >= 11 is 0. The van der Waals surface area contributed by atoms with Crippen LogP contribution in [0.3, 0.4) is 0 Å². The van der Waals surface area contributed by atoms with Crippen LogP contribution in [0.5, 0.6) is 0 Å². The molecule has 1 fully saturated rings. The molecular formula is C18H24N3O3Y-. The van der Waals surface area contributed by atoms with Gasteiger partial charge < -0.3 is 20.7 Å².